The van der Waals surface area contributed by atoms with Gasteiger partial charge >= 0.3 is 0 Å². The van der Waals surface area contributed by atoms with Crippen molar-refractivity contribution in [2.24, 2.45) is 5.92 Å². The molecule has 1 saturated heterocycles. The summed E-state index contributed by atoms with van der Waals surface area (Å²) in [6.45, 7) is 7.12. The van der Waals surface area contributed by atoms with E-state index >= 15 is 0 Å². The summed E-state index contributed by atoms with van der Waals surface area (Å²) < 4.78 is 7.75. The summed E-state index contributed by atoms with van der Waals surface area (Å²) in [5, 5.41) is 9.95. The standard InChI is InChI=1S/C22H31N5O3S/c1-3-30-18-8-6-17(7-9-18)21-24-25-22(31)27(21)14-11-19(28)23-12-10-20(29)26-13-4-5-16(2)15-26/h6-9,16H,3-5,10-15H2,1-2H3,(H,23,28)(H,25,31). The Hall–Kier alpha value is -2.68. The van der Waals surface area contributed by atoms with E-state index in [0.29, 0.717) is 42.6 Å². The van der Waals surface area contributed by atoms with Crippen molar-refractivity contribution in [1.82, 2.24) is 25.0 Å². The van der Waals surface area contributed by atoms with Gasteiger partial charge in [0.1, 0.15) is 5.75 Å². The Morgan fingerprint density at radius 3 is 2.77 bits per heavy atom. The van der Waals surface area contributed by atoms with Gasteiger partial charge in [-0.25, -0.2) is 0 Å². The van der Waals surface area contributed by atoms with E-state index in [0.717, 1.165) is 30.8 Å². The van der Waals surface area contributed by atoms with Gasteiger partial charge in [-0.2, -0.15) is 5.10 Å². The third-order valence-corrected chi connectivity index (χ3v) is 5.73. The predicted octanol–water partition coefficient (Wildman–Crippen LogP) is 3.16. The minimum atomic E-state index is -0.111. The number of hydrogen-bond acceptors (Lipinski definition) is 5. The van der Waals surface area contributed by atoms with Crippen molar-refractivity contribution in [2.45, 2.75) is 46.1 Å². The SMILES string of the molecule is CCOc1ccc(-c2n[nH]c(=S)n2CCC(=O)NCCC(=O)N2CCCC(C)C2)cc1. The van der Waals surface area contributed by atoms with Gasteiger partial charge in [0, 0.05) is 44.6 Å². The number of hydrogen-bond donors (Lipinski definition) is 2. The highest BCUT2D eigenvalue weighted by molar-refractivity contribution is 7.71. The third-order valence-electron chi connectivity index (χ3n) is 5.42. The molecule has 2 N–H and O–H groups in total. The zero-order valence-corrected chi connectivity index (χ0v) is 19.0. The molecule has 168 valence electrons. The van der Waals surface area contributed by atoms with Gasteiger partial charge in [-0.3, -0.25) is 19.3 Å². The highest BCUT2D eigenvalue weighted by atomic mass is 32.1. The number of rotatable bonds is 9. The molecule has 0 saturated carbocycles. The van der Waals surface area contributed by atoms with Crippen LogP contribution in [0.4, 0.5) is 0 Å². The van der Waals surface area contributed by atoms with Gasteiger partial charge < -0.3 is 15.0 Å². The van der Waals surface area contributed by atoms with Crippen LogP contribution >= 0.6 is 12.2 Å². The molecular formula is C22H31N5O3S. The highest BCUT2D eigenvalue weighted by Gasteiger charge is 2.20. The Kier molecular flexibility index (Phi) is 8.22. The molecule has 2 aromatic rings. The maximum Gasteiger partial charge on any atom is 0.224 e. The summed E-state index contributed by atoms with van der Waals surface area (Å²) in [4.78, 5) is 26.5. The average Bonchev–Trinajstić information content (AvgIpc) is 3.13. The smallest absolute Gasteiger partial charge is 0.224 e. The molecule has 0 radical (unpaired) electrons. The van der Waals surface area contributed by atoms with E-state index in [1.165, 1.54) is 6.42 Å². The van der Waals surface area contributed by atoms with E-state index in [2.05, 4.69) is 22.4 Å². The number of aromatic nitrogens is 3. The summed E-state index contributed by atoms with van der Waals surface area (Å²) in [7, 11) is 0. The lowest BCUT2D eigenvalue weighted by Crippen LogP contribution is -2.40. The maximum atomic E-state index is 12.3. The number of carbonyl (C=O) groups is 2. The van der Waals surface area contributed by atoms with Crippen molar-refractivity contribution in [2.75, 3.05) is 26.2 Å². The zero-order valence-electron chi connectivity index (χ0n) is 18.2. The van der Waals surface area contributed by atoms with Gasteiger partial charge in [-0.15, -0.1) is 0 Å². The molecule has 8 nitrogen and oxygen atoms in total. The van der Waals surface area contributed by atoms with Crippen LogP contribution in [0, 0.1) is 10.7 Å². The van der Waals surface area contributed by atoms with Crippen molar-refractivity contribution in [1.29, 1.82) is 0 Å². The van der Waals surface area contributed by atoms with Crippen LogP contribution < -0.4 is 10.1 Å². The molecule has 0 bridgehead atoms. The largest absolute Gasteiger partial charge is 0.494 e. The molecule has 1 fully saturated rings. The topological polar surface area (TPSA) is 92.2 Å². The fourth-order valence-electron chi connectivity index (χ4n) is 3.80. The van der Waals surface area contributed by atoms with Gasteiger partial charge in [0.2, 0.25) is 11.8 Å². The van der Waals surface area contributed by atoms with Crippen molar-refractivity contribution in [3.05, 3.63) is 29.0 Å². The summed E-state index contributed by atoms with van der Waals surface area (Å²) in [6.07, 6.45) is 2.82. The summed E-state index contributed by atoms with van der Waals surface area (Å²) >= 11 is 5.33. The van der Waals surface area contributed by atoms with Gasteiger partial charge in [-0.05, 0) is 62.2 Å². The van der Waals surface area contributed by atoms with E-state index in [1.54, 1.807) is 0 Å². The summed E-state index contributed by atoms with van der Waals surface area (Å²) in [5.41, 5.74) is 0.887. The van der Waals surface area contributed by atoms with Gasteiger partial charge in [0.25, 0.3) is 0 Å². The fourth-order valence-corrected chi connectivity index (χ4v) is 4.02. The molecule has 0 spiro atoms. The number of carbonyl (C=O) groups excluding carboxylic acids is 2. The second-order valence-electron chi connectivity index (χ2n) is 7.90. The van der Waals surface area contributed by atoms with Gasteiger partial charge in [-0.1, -0.05) is 6.92 Å². The summed E-state index contributed by atoms with van der Waals surface area (Å²) in [6, 6.07) is 7.60. The first-order valence-corrected chi connectivity index (χ1v) is 11.3. The number of H-pyrrole nitrogens is 1. The highest BCUT2D eigenvalue weighted by Crippen LogP contribution is 2.21. The quantitative estimate of drug-likeness (QED) is 0.579. The van der Waals surface area contributed by atoms with E-state index in [9.17, 15) is 9.59 Å². The van der Waals surface area contributed by atoms with Crippen LogP contribution in [-0.4, -0.2) is 57.7 Å². The van der Waals surface area contributed by atoms with Crippen LogP contribution in [0.1, 0.15) is 39.5 Å². The average molecular weight is 446 g/mol. The Bertz CT molecular complexity index is 937. The van der Waals surface area contributed by atoms with Crippen molar-refractivity contribution in [3.63, 3.8) is 0 Å². The number of aromatic amines is 1. The third kappa shape index (κ3) is 6.40. The normalized spacial score (nSPS) is 16.2. The van der Waals surface area contributed by atoms with Gasteiger partial charge in [0.05, 0.1) is 6.61 Å². The first kappa shape index (κ1) is 23.0. The van der Waals surface area contributed by atoms with Crippen molar-refractivity contribution < 1.29 is 14.3 Å². The number of nitrogens with one attached hydrogen (secondary N) is 2. The lowest BCUT2D eigenvalue weighted by molar-refractivity contribution is -0.132. The Morgan fingerprint density at radius 2 is 2.06 bits per heavy atom. The monoisotopic (exact) mass is 445 g/mol. The Balaban J connectivity index is 1.48. The molecule has 1 atom stereocenters. The number of benzene rings is 1. The second kappa shape index (κ2) is 11.1. The molecule has 2 heterocycles. The van der Waals surface area contributed by atoms with Crippen LogP contribution in [0.5, 0.6) is 5.75 Å². The lowest BCUT2D eigenvalue weighted by Gasteiger charge is -2.31. The molecule has 9 heteroatoms. The van der Waals surface area contributed by atoms with E-state index < -0.39 is 0 Å². The fraction of sp³-hybridized carbons (Fsp3) is 0.545. The predicted molar refractivity (Wildman–Crippen MR) is 121 cm³/mol. The van der Waals surface area contributed by atoms with E-state index in [1.807, 2.05) is 40.7 Å². The number of likely N-dealkylation sites (tertiary alicyclic amines) is 1. The Labute approximate surface area is 188 Å². The summed E-state index contributed by atoms with van der Waals surface area (Å²) in [5.74, 6) is 2.02. The molecule has 1 unspecified atom stereocenters. The van der Waals surface area contributed by atoms with Crippen LogP contribution in [0.25, 0.3) is 11.4 Å². The van der Waals surface area contributed by atoms with Crippen LogP contribution in [0.15, 0.2) is 24.3 Å². The van der Waals surface area contributed by atoms with Crippen LogP contribution in [-0.2, 0) is 16.1 Å². The lowest BCUT2D eigenvalue weighted by atomic mass is 10.00. The first-order valence-electron chi connectivity index (χ1n) is 10.9. The first-order chi connectivity index (χ1) is 15.0. The molecular weight excluding hydrogens is 414 g/mol. The Morgan fingerprint density at radius 1 is 1.29 bits per heavy atom. The molecule has 2 amide bonds. The molecule has 1 aromatic heterocycles. The number of amides is 2. The van der Waals surface area contributed by atoms with Gasteiger partial charge in [0.15, 0.2) is 10.6 Å². The number of ether oxygens (including phenoxy) is 1. The zero-order chi connectivity index (χ0) is 22.2. The van der Waals surface area contributed by atoms with E-state index in [4.69, 9.17) is 17.0 Å². The van der Waals surface area contributed by atoms with Crippen LogP contribution in [0.3, 0.4) is 0 Å². The maximum absolute atomic E-state index is 12.3. The molecule has 3 rings (SSSR count). The van der Waals surface area contributed by atoms with Crippen molar-refractivity contribution >= 4 is 24.0 Å². The minimum Gasteiger partial charge on any atom is -0.494 e. The number of nitrogens with zero attached hydrogens (tertiary/aromatic N) is 3. The molecule has 1 aliphatic heterocycles. The second-order valence-corrected chi connectivity index (χ2v) is 8.29. The minimum absolute atomic E-state index is 0.111. The van der Waals surface area contributed by atoms with Crippen molar-refractivity contribution in [3.8, 4) is 17.1 Å². The molecule has 0 aliphatic carbocycles. The molecule has 1 aromatic carbocycles. The molecule has 1 aliphatic rings. The molecule has 31 heavy (non-hydrogen) atoms. The van der Waals surface area contributed by atoms with Crippen LogP contribution in [0.2, 0.25) is 0 Å². The number of piperidine rings is 1. The van der Waals surface area contributed by atoms with E-state index in [-0.39, 0.29) is 18.2 Å².